The van der Waals surface area contributed by atoms with Gasteiger partial charge in [0.1, 0.15) is 5.75 Å². The van der Waals surface area contributed by atoms with Gasteiger partial charge < -0.3 is 14.4 Å². The molecule has 11 heteroatoms. The van der Waals surface area contributed by atoms with Gasteiger partial charge in [0.05, 0.1) is 31.9 Å². The second kappa shape index (κ2) is 11.4. The molecular weight excluding hydrogens is 500 g/mol. The molecule has 10 nitrogen and oxygen atoms in total. The normalized spacial score (nSPS) is 15.3. The molecule has 1 aliphatic rings. The Morgan fingerprint density at radius 3 is 2.59 bits per heavy atom. The Kier molecular flexibility index (Phi) is 8.08. The molecule has 3 aromatic rings. The largest absolute Gasteiger partial charge is 0.497 e. The van der Waals surface area contributed by atoms with Gasteiger partial charge in [0.15, 0.2) is 0 Å². The lowest BCUT2D eigenvalue weighted by Crippen LogP contribution is -2.49. The molecule has 1 saturated heterocycles. The van der Waals surface area contributed by atoms with Crippen LogP contribution in [-0.4, -0.2) is 57.9 Å². The number of carbonyl (C=O) groups excluding carboxylic acids is 2. The van der Waals surface area contributed by atoms with Crippen molar-refractivity contribution in [3.63, 3.8) is 0 Å². The van der Waals surface area contributed by atoms with Crippen LogP contribution in [0.2, 0.25) is 5.02 Å². The van der Waals surface area contributed by atoms with Gasteiger partial charge in [-0.15, -0.1) is 0 Å². The minimum absolute atomic E-state index is 0.100. The van der Waals surface area contributed by atoms with Gasteiger partial charge in [0.25, 0.3) is 11.5 Å². The Morgan fingerprint density at radius 2 is 1.89 bits per heavy atom. The predicted octanol–water partition coefficient (Wildman–Crippen LogP) is 2.52. The van der Waals surface area contributed by atoms with Crippen LogP contribution in [0, 0.1) is 5.92 Å². The fraction of sp³-hybridized carbons (Fsp3) is 0.346. The van der Waals surface area contributed by atoms with E-state index in [1.54, 1.807) is 55.5 Å². The molecule has 0 unspecified atom stereocenters. The van der Waals surface area contributed by atoms with Crippen molar-refractivity contribution >= 4 is 23.5 Å². The number of carbonyl (C=O) groups is 2. The summed E-state index contributed by atoms with van der Waals surface area (Å²) in [6, 6.07) is 13.2. The molecular formula is C26H27ClN4O6. The highest BCUT2D eigenvalue weighted by Crippen LogP contribution is 2.19. The molecule has 1 atom stereocenters. The van der Waals surface area contributed by atoms with Crippen molar-refractivity contribution in [2.75, 3.05) is 26.8 Å². The second-order valence-corrected chi connectivity index (χ2v) is 9.04. The Bertz CT molecular complexity index is 1420. The van der Waals surface area contributed by atoms with Gasteiger partial charge in [-0.05, 0) is 61.7 Å². The summed E-state index contributed by atoms with van der Waals surface area (Å²) in [7, 11) is 1.52. The molecule has 0 saturated carbocycles. The van der Waals surface area contributed by atoms with Crippen molar-refractivity contribution in [2.24, 2.45) is 5.92 Å². The summed E-state index contributed by atoms with van der Waals surface area (Å²) in [6.45, 7) is 2.32. The molecule has 0 bridgehead atoms. The Labute approximate surface area is 218 Å². The van der Waals surface area contributed by atoms with Crippen molar-refractivity contribution in [3.8, 4) is 11.4 Å². The first-order chi connectivity index (χ1) is 17.8. The van der Waals surface area contributed by atoms with Crippen molar-refractivity contribution in [1.29, 1.82) is 0 Å². The van der Waals surface area contributed by atoms with Crippen molar-refractivity contribution in [3.05, 3.63) is 85.6 Å². The number of methoxy groups -OCH3 is 1. The number of hydrogen-bond donors (Lipinski definition) is 0. The van der Waals surface area contributed by atoms with E-state index in [4.69, 9.17) is 21.1 Å². The third-order valence-corrected chi connectivity index (χ3v) is 6.39. The van der Waals surface area contributed by atoms with E-state index in [1.165, 1.54) is 12.0 Å². The van der Waals surface area contributed by atoms with Crippen LogP contribution < -0.4 is 16.0 Å². The third-order valence-electron chi connectivity index (χ3n) is 6.14. The highest BCUT2D eigenvalue weighted by molar-refractivity contribution is 6.30. The Morgan fingerprint density at radius 1 is 1.14 bits per heavy atom. The lowest BCUT2D eigenvalue weighted by atomic mass is 9.98. The monoisotopic (exact) mass is 526 g/mol. The van der Waals surface area contributed by atoms with Crippen molar-refractivity contribution in [1.82, 2.24) is 19.2 Å². The first kappa shape index (κ1) is 26.2. The standard InChI is InChI=1S/C26H27ClN4O6/c1-3-37-25(34)18-7-5-13-29(16-18)23(32)22-24(33)30(15-17-6-4-8-21(14-17)36-2)26(35)31(28-22)20-11-9-19(27)10-12-20/h4,6,8-12,14,18H,3,5,7,13,15-16H2,1-2H3/t18-/m0/s1. The summed E-state index contributed by atoms with van der Waals surface area (Å²) in [5.41, 5.74) is -0.977. The van der Waals surface area contributed by atoms with E-state index in [1.807, 2.05) is 0 Å². The van der Waals surface area contributed by atoms with Crippen LogP contribution in [0.5, 0.6) is 5.75 Å². The van der Waals surface area contributed by atoms with E-state index < -0.39 is 28.8 Å². The SMILES string of the molecule is CCOC(=O)[C@H]1CCCN(C(=O)c2nn(-c3ccc(Cl)cc3)c(=O)n(Cc3cccc(OC)c3)c2=O)C1. The number of esters is 1. The first-order valence-electron chi connectivity index (χ1n) is 11.9. The lowest BCUT2D eigenvalue weighted by molar-refractivity contribution is -0.149. The number of hydrogen-bond acceptors (Lipinski definition) is 7. The molecule has 0 aliphatic carbocycles. The fourth-order valence-corrected chi connectivity index (χ4v) is 4.38. The van der Waals surface area contributed by atoms with Gasteiger partial charge in [-0.3, -0.25) is 19.0 Å². The van der Waals surface area contributed by atoms with Crippen molar-refractivity contribution < 1.29 is 19.1 Å². The van der Waals surface area contributed by atoms with E-state index in [0.29, 0.717) is 41.4 Å². The molecule has 4 rings (SSSR count). The first-order valence-corrected chi connectivity index (χ1v) is 12.3. The van der Waals surface area contributed by atoms with E-state index in [2.05, 4.69) is 5.10 Å². The maximum atomic E-state index is 13.5. The highest BCUT2D eigenvalue weighted by Gasteiger charge is 2.32. The van der Waals surface area contributed by atoms with Gasteiger partial charge in [-0.1, -0.05) is 23.7 Å². The number of piperidine rings is 1. The maximum Gasteiger partial charge on any atom is 0.352 e. The van der Waals surface area contributed by atoms with Crippen LogP contribution >= 0.6 is 11.6 Å². The van der Waals surface area contributed by atoms with E-state index in [0.717, 1.165) is 9.25 Å². The van der Waals surface area contributed by atoms with Crippen LogP contribution in [0.3, 0.4) is 0 Å². The third kappa shape index (κ3) is 5.75. The molecule has 2 heterocycles. The van der Waals surface area contributed by atoms with Gasteiger partial charge >= 0.3 is 11.7 Å². The molecule has 194 valence electrons. The van der Waals surface area contributed by atoms with Gasteiger partial charge in [-0.2, -0.15) is 9.78 Å². The minimum Gasteiger partial charge on any atom is -0.497 e. The number of halogens is 1. The summed E-state index contributed by atoms with van der Waals surface area (Å²) in [4.78, 5) is 54.1. The van der Waals surface area contributed by atoms with Crippen LogP contribution in [0.1, 0.15) is 35.8 Å². The Balaban J connectivity index is 1.78. The predicted molar refractivity (Wildman–Crippen MR) is 136 cm³/mol. The number of likely N-dealkylation sites (tertiary alicyclic amines) is 1. The summed E-state index contributed by atoms with van der Waals surface area (Å²) in [5.74, 6) is -0.957. The van der Waals surface area contributed by atoms with Crippen LogP contribution in [0.25, 0.3) is 5.69 Å². The molecule has 1 fully saturated rings. The summed E-state index contributed by atoms with van der Waals surface area (Å²) in [5, 5.41) is 4.64. The average molecular weight is 527 g/mol. The zero-order valence-corrected chi connectivity index (χ0v) is 21.3. The quantitative estimate of drug-likeness (QED) is 0.435. The lowest BCUT2D eigenvalue weighted by Gasteiger charge is -2.31. The highest BCUT2D eigenvalue weighted by atomic mass is 35.5. The number of aromatic nitrogens is 3. The molecule has 2 aromatic carbocycles. The molecule has 0 N–H and O–H groups in total. The number of nitrogens with zero attached hydrogens (tertiary/aromatic N) is 4. The van der Waals surface area contributed by atoms with E-state index in [9.17, 15) is 19.2 Å². The molecule has 1 aromatic heterocycles. The summed E-state index contributed by atoms with van der Waals surface area (Å²) >= 11 is 6.00. The summed E-state index contributed by atoms with van der Waals surface area (Å²) < 4.78 is 12.4. The maximum absolute atomic E-state index is 13.5. The molecule has 0 spiro atoms. The van der Waals surface area contributed by atoms with E-state index >= 15 is 0 Å². The van der Waals surface area contributed by atoms with Gasteiger partial charge in [-0.25, -0.2) is 4.79 Å². The average Bonchev–Trinajstić information content (AvgIpc) is 2.92. The number of ether oxygens (including phenoxy) is 2. The zero-order valence-electron chi connectivity index (χ0n) is 20.6. The molecule has 1 amide bonds. The topological polar surface area (TPSA) is 113 Å². The van der Waals surface area contributed by atoms with E-state index in [-0.39, 0.29) is 25.7 Å². The molecule has 0 radical (unpaired) electrons. The second-order valence-electron chi connectivity index (χ2n) is 8.60. The zero-order chi connectivity index (χ0) is 26.5. The molecule has 37 heavy (non-hydrogen) atoms. The van der Waals surface area contributed by atoms with Crippen LogP contribution in [-0.2, 0) is 16.1 Å². The van der Waals surface area contributed by atoms with Gasteiger partial charge in [0.2, 0.25) is 5.69 Å². The number of benzene rings is 2. The fourth-order valence-electron chi connectivity index (χ4n) is 4.26. The van der Waals surface area contributed by atoms with Crippen LogP contribution in [0.4, 0.5) is 0 Å². The van der Waals surface area contributed by atoms with Crippen molar-refractivity contribution in [2.45, 2.75) is 26.3 Å². The van der Waals surface area contributed by atoms with Crippen LogP contribution in [0.15, 0.2) is 58.1 Å². The summed E-state index contributed by atoms with van der Waals surface area (Å²) in [6.07, 6.45) is 1.16. The minimum atomic E-state index is -0.818. The smallest absolute Gasteiger partial charge is 0.352 e. The Hall–Kier alpha value is -3.92. The number of rotatable bonds is 7. The molecule has 1 aliphatic heterocycles. The number of amides is 1. The van der Waals surface area contributed by atoms with Gasteiger partial charge in [0, 0.05) is 18.1 Å².